The van der Waals surface area contributed by atoms with Gasteiger partial charge in [-0.2, -0.15) is 0 Å². The summed E-state index contributed by atoms with van der Waals surface area (Å²) < 4.78 is 15.9. The Morgan fingerprint density at radius 1 is 0.955 bits per heavy atom. The maximum absolute atomic E-state index is 12.3. The van der Waals surface area contributed by atoms with Crippen molar-refractivity contribution < 1.29 is 19.0 Å². The third-order valence-electron chi connectivity index (χ3n) is 3.08. The van der Waals surface area contributed by atoms with E-state index < -0.39 is 5.97 Å². The normalized spacial score (nSPS) is 10.5. The number of para-hydroxylation sites is 1. The molecule has 0 saturated carbocycles. The van der Waals surface area contributed by atoms with E-state index in [1.165, 1.54) is 14.2 Å². The standard InChI is InChI=1S/C18H18O4/c1-4-7-13-10-11-16(17(12-13)21-3)22-18(19)14-8-5-6-9-15(14)20-2/h4-12H,1-3H3/b7-4+. The molecular formula is C18H18O4. The van der Waals surface area contributed by atoms with Crippen molar-refractivity contribution in [1.29, 1.82) is 0 Å². The summed E-state index contributed by atoms with van der Waals surface area (Å²) in [4.78, 5) is 12.3. The monoisotopic (exact) mass is 298 g/mol. The molecular weight excluding hydrogens is 280 g/mol. The average molecular weight is 298 g/mol. The number of methoxy groups -OCH3 is 2. The van der Waals surface area contributed by atoms with Crippen molar-refractivity contribution in [2.75, 3.05) is 14.2 Å². The van der Waals surface area contributed by atoms with Crippen LogP contribution in [0.2, 0.25) is 0 Å². The van der Waals surface area contributed by atoms with Crippen molar-refractivity contribution >= 4 is 12.0 Å². The number of ether oxygens (including phenoxy) is 3. The van der Waals surface area contributed by atoms with E-state index in [-0.39, 0.29) is 0 Å². The summed E-state index contributed by atoms with van der Waals surface area (Å²) in [6.45, 7) is 1.93. The second kappa shape index (κ2) is 7.31. The van der Waals surface area contributed by atoms with Crippen LogP contribution in [-0.2, 0) is 0 Å². The van der Waals surface area contributed by atoms with E-state index in [1.54, 1.807) is 30.3 Å². The molecule has 0 bridgehead atoms. The first-order valence-electron chi connectivity index (χ1n) is 6.85. The fraction of sp³-hybridized carbons (Fsp3) is 0.167. The SMILES string of the molecule is C/C=C/c1ccc(OC(=O)c2ccccc2OC)c(OC)c1. The average Bonchev–Trinajstić information content (AvgIpc) is 2.56. The molecule has 0 aliphatic rings. The van der Waals surface area contributed by atoms with Gasteiger partial charge in [0.05, 0.1) is 14.2 Å². The molecule has 2 aromatic rings. The molecule has 2 rings (SSSR count). The molecule has 0 aliphatic heterocycles. The minimum Gasteiger partial charge on any atom is -0.496 e. The Labute approximate surface area is 129 Å². The number of rotatable bonds is 5. The van der Waals surface area contributed by atoms with Gasteiger partial charge in [-0.15, -0.1) is 0 Å². The molecule has 4 heteroatoms. The number of carbonyl (C=O) groups excluding carboxylic acids is 1. The van der Waals surface area contributed by atoms with Crippen LogP contribution >= 0.6 is 0 Å². The predicted octanol–water partition coefficient (Wildman–Crippen LogP) is 3.96. The molecule has 0 saturated heterocycles. The van der Waals surface area contributed by atoms with Gasteiger partial charge in [-0.25, -0.2) is 4.79 Å². The number of hydrogen-bond donors (Lipinski definition) is 0. The van der Waals surface area contributed by atoms with Crippen molar-refractivity contribution in [3.8, 4) is 17.2 Å². The minimum atomic E-state index is -0.491. The Morgan fingerprint density at radius 3 is 2.36 bits per heavy atom. The highest BCUT2D eigenvalue weighted by Crippen LogP contribution is 2.30. The van der Waals surface area contributed by atoms with E-state index in [4.69, 9.17) is 14.2 Å². The van der Waals surface area contributed by atoms with Crippen LogP contribution in [0.3, 0.4) is 0 Å². The van der Waals surface area contributed by atoms with E-state index in [9.17, 15) is 4.79 Å². The molecule has 22 heavy (non-hydrogen) atoms. The highest BCUT2D eigenvalue weighted by atomic mass is 16.6. The molecule has 0 aliphatic carbocycles. The maximum atomic E-state index is 12.3. The van der Waals surface area contributed by atoms with Crippen molar-refractivity contribution in [3.05, 3.63) is 59.7 Å². The van der Waals surface area contributed by atoms with Crippen LogP contribution in [-0.4, -0.2) is 20.2 Å². The van der Waals surface area contributed by atoms with Crippen molar-refractivity contribution in [2.45, 2.75) is 6.92 Å². The fourth-order valence-corrected chi connectivity index (χ4v) is 2.03. The Kier molecular flexibility index (Phi) is 5.20. The lowest BCUT2D eigenvalue weighted by Crippen LogP contribution is -2.10. The molecule has 0 amide bonds. The third kappa shape index (κ3) is 3.47. The number of esters is 1. The van der Waals surface area contributed by atoms with Gasteiger partial charge < -0.3 is 14.2 Å². The van der Waals surface area contributed by atoms with Crippen molar-refractivity contribution in [2.24, 2.45) is 0 Å². The summed E-state index contributed by atoms with van der Waals surface area (Å²) in [5, 5.41) is 0. The summed E-state index contributed by atoms with van der Waals surface area (Å²) >= 11 is 0. The quantitative estimate of drug-likeness (QED) is 0.619. The zero-order chi connectivity index (χ0) is 15.9. The van der Waals surface area contributed by atoms with Gasteiger partial charge in [0.25, 0.3) is 0 Å². The summed E-state index contributed by atoms with van der Waals surface area (Å²) in [6.07, 6.45) is 3.86. The molecule has 0 spiro atoms. The second-order valence-electron chi connectivity index (χ2n) is 4.50. The Balaban J connectivity index is 2.28. The predicted molar refractivity (Wildman–Crippen MR) is 85.7 cm³/mol. The number of hydrogen-bond acceptors (Lipinski definition) is 4. The number of carbonyl (C=O) groups is 1. The van der Waals surface area contributed by atoms with Crippen molar-refractivity contribution in [1.82, 2.24) is 0 Å². The van der Waals surface area contributed by atoms with Crippen LogP contribution < -0.4 is 14.2 Å². The van der Waals surface area contributed by atoms with E-state index >= 15 is 0 Å². The van der Waals surface area contributed by atoms with Crippen LogP contribution in [0.25, 0.3) is 6.08 Å². The molecule has 0 radical (unpaired) electrons. The molecule has 0 N–H and O–H groups in total. The largest absolute Gasteiger partial charge is 0.496 e. The lowest BCUT2D eigenvalue weighted by molar-refractivity contribution is 0.0726. The van der Waals surface area contributed by atoms with Gasteiger partial charge in [-0.1, -0.05) is 30.4 Å². The van der Waals surface area contributed by atoms with Crippen LogP contribution in [0.4, 0.5) is 0 Å². The lowest BCUT2D eigenvalue weighted by Gasteiger charge is -2.11. The van der Waals surface area contributed by atoms with Gasteiger partial charge >= 0.3 is 5.97 Å². The molecule has 2 aromatic carbocycles. The highest BCUT2D eigenvalue weighted by Gasteiger charge is 2.16. The maximum Gasteiger partial charge on any atom is 0.347 e. The molecule has 0 heterocycles. The molecule has 4 nitrogen and oxygen atoms in total. The van der Waals surface area contributed by atoms with Crippen LogP contribution in [0, 0.1) is 0 Å². The first-order chi connectivity index (χ1) is 10.7. The number of allylic oxidation sites excluding steroid dienone is 1. The van der Waals surface area contributed by atoms with E-state index in [0.29, 0.717) is 22.8 Å². The van der Waals surface area contributed by atoms with Gasteiger partial charge in [0, 0.05) is 0 Å². The Hall–Kier alpha value is -2.75. The number of benzene rings is 2. The molecule has 114 valence electrons. The molecule has 0 unspecified atom stereocenters. The molecule has 0 aromatic heterocycles. The van der Waals surface area contributed by atoms with Gasteiger partial charge in [0.15, 0.2) is 11.5 Å². The van der Waals surface area contributed by atoms with E-state index in [0.717, 1.165) is 5.56 Å². The zero-order valence-corrected chi connectivity index (χ0v) is 12.8. The van der Waals surface area contributed by atoms with Crippen LogP contribution in [0.5, 0.6) is 17.2 Å². The minimum absolute atomic E-state index is 0.365. The summed E-state index contributed by atoms with van der Waals surface area (Å²) in [5.41, 5.74) is 1.33. The van der Waals surface area contributed by atoms with Crippen LogP contribution in [0.1, 0.15) is 22.8 Å². The van der Waals surface area contributed by atoms with E-state index in [1.807, 2.05) is 31.2 Å². The summed E-state index contributed by atoms with van der Waals surface area (Å²) in [5.74, 6) is 0.844. The summed E-state index contributed by atoms with van der Waals surface area (Å²) in [7, 11) is 3.05. The van der Waals surface area contributed by atoms with E-state index in [2.05, 4.69) is 0 Å². The zero-order valence-electron chi connectivity index (χ0n) is 12.8. The molecule has 0 fully saturated rings. The smallest absolute Gasteiger partial charge is 0.347 e. The highest BCUT2D eigenvalue weighted by molar-refractivity contribution is 5.94. The second-order valence-corrected chi connectivity index (χ2v) is 4.50. The topological polar surface area (TPSA) is 44.8 Å². The Bertz CT molecular complexity index is 689. The Morgan fingerprint density at radius 2 is 1.68 bits per heavy atom. The lowest BCUT2D eigenvalue weighted by atomic mass is 10.2. The van der Waals surface area contributed by atoms with Gasteiger partial charge in [0.2, 0.25) is 0 Å². The third-order valence-corrected chi connectivity index (χ3v) is 3.08. The van der Waals surface area contributed by atoms with Crippen LogP contribution in [0.15, 0.2) is 48.5 Å². The molecule has 0 atom stereocenters. The van der Waals surface area contributed by atoms with Gasteiger partial charge in [-0.3, -0.25) is 0 Å². The van der Waals surface area contributed by atoms with Gasteiger partial charge in [0.1, 0.15) is 11.3 Å². The summed E-state index contributed by atoms with van der Waals surface area (Å²) in [6, 6.07) is 12.3. The van der Waals surface area contributed by atoms with Crippen molar-refractivity contribution in [3.63, 3.8) is 0 Å². The first kappa shape index (κ1) is 15.6. The van der Waals surface area contributed by atoms with Gasteiger partial charge in [-0.05, 0) is 36.8 Å². The first-order valence-corrected chi connectivity index (χ1v) is 6.85. The fourth-order valence-electron chi connectivity index (χ4n) is 2.03.